The van der Waals surface area contributed by atoms with Gasteiger partial charge in [0.2, 0.25) is 0 Å². The highest BCUT2D eigenvalue weighted by molar-refractivity contribution is 5.50. The maximum Gasteiger partial charge on any atom is 0.164 e. The highest BCUT2D eigenvalue weighted by Gasteiger charge is 2.13. The molecule has 2 aromatic carbocycles. The summed E-state index contributed by atoms with van der Waals surface area (Å²) in [5, 5.41) is 3.50. The number of nitrogens with one attached hydrogen (secondary N) is 1. The van der Waals surface area contributed by atoms with Crippen LogP contribution in [0.25, 0.3) is 0 Å². The van der Waals surface area contributed by atoms with Crippen LogP contribution in [0.4, 0.5) is 0 Å². The highest BCUT2D eigenvalue weighted by atomic mass is 16.5. The number of ether oxygens (including phenoxy) is 3. The van der Waals surface area contributed by atoms with Crippen molar-refractivity contribution in [1.29, 1.82) is 0 Å². The fourth-order valence-electron chi connectivity index (χ4n) is 2.35. The summed E-state index contributed by atoms with van der Waals surface area (Å²) in [4.78, 5) is 0. The van der Waals surface area contributed by atoms with Crippen LogP contribution in [0.1, 0.15) is 24.1 Å². The molecular formula is C18H23NO3. The van der Waals surface area contributed by atoms with Gasteiger partial charge in [0, 0.05) is 24.2 Å². The van der Waals surface area contributed by atoms with Crippen molar-refractivity contribution in [2.24, 2.45) is 0 Å². The molecule has 0 aliphatic carbocycles. The van der Waals surface area contributed by atoms with Crippen molar-refractivity contribution >= 4 is 0 Å². The number of methoxy groups -OCH3 is 3. The van der Waals surface area contributed by atoms with Gasteiger partial charge >= 0.3 is 0 Å². The Morgan fingerprint density at radius 2 is 1.45 bits per heavy atom. The molecule has 0 radical (unpaired) electrons. The van der Waals surface area contributed by atoms with E-state index < -0.39 is 0 Å². The Balaban J connectivity index is 2.15. The summed E-state index contributed by atoms with van der Waals surface area (Å²) < 4.78 is 16.1. The van der Waals surface area contributed by atoms with Gasteiger partial charge in [0.15, 0.2) is 11.5 Å². The Morgan fingerprint density at radius 1 is 0.864 bits per heavy atom. The molecule has 0 unspecified atom stereocenters. The van der Waals surface area contributed by atoms with E-state index in [1.54, 1.807) is 21.3 Å². The van der Waals surface area contributed by atoms with Gasteiger partial charge in [-0.1, -0.05) is 30.3 Å². The van der Waals surface area contributed by atoms with Crippen LogP contribution in [0.3, 0.4) is 0 Å². The van der Waals surface area contributed by atoms with Gasteiger partial charge in [-0.25, -0.2) is 0 Å². The van der Waals surface area contributed by atoms with Gasteiger partial charge in [0.25, 0.3) is 0 Å². The fourth-order valence-corrected chi connectivity index (χ4v) is 2.35. The van der Waals surface area contributed by atoms with Gasteiger partial charge in [-0.15, -0.1) is 0 Å². The summed E-state index contributed by atoms with van der Waals surface area (Å²) in [5.74, 6) is 2.15. The molecule has 0 bridgehead atoms. The van der Waals surface area contributed by atoms with Crippen molar-refractivity contribution in [1.82, 2.24) is 5.32 Å². The number of benzene rings is 2. The van der Waals surface area contributed by atoms with Crippen LogP contribution in [-0.2, 0) is 6.54 Å². The summed E-state index contributed by atoms with van der Waals surface area (Å²) in [6.07, 6.45) is 0. The first kappa shape index (κ1) is 16.2. The second-order valence-corrected chi connectivity index (χ2v) is 5.03. The molecule has 0 aromatic heterocycles. The third-order valence-corrected chi connectivity index (χ3v) is 3.68. The van der Waals surface area contributed by atoms with Crippen molar-refractivity contribution in [2.45, 2.75) is 19.5 Å². The second kappa shape index (κ2) is 7.71. The minimum atomic E-state index is 0.249. The molecule has 1 atom stereocenters. The fraction of sp³-hybridized carbons (Fsp3) is 0.333. The largest absolute Gasteiger partial charge is 0.496 e. The van der Waals surface area contributed by atoms with Crippen LogP contribution in [0, 0.1) is 0 Å². The lowest BCUT2D eigenvalue weighted by atomic mass is 10.1. The van der Waals surface area contributed by atoms with Gasteiger partial charge < -0.3 is 19.5 Å². The zero-order valence-electron chi connectivity index (χ0n) is 13.6. The van der Waals surface area contributed by atoms with Gasteiger partial charge in [0.05, 0.1) is 21.3 Å². The molecule has 2 rings (SSSR count). The molecule has 0 spiro atoms. The monoisotopic (exact) mass is 301 g/mol. The normalized spacial score (nSPS) is 11.8. The Labute approximate surface area is 132 Å². The standard InChI is InChI=1S/C18H23NO3/c1-13(14-8-6-5-7-9-14)19-12-15-10-17(21-3)18(22-4)11-16(15)20-2/h5-11,13,19H,12H2,1-4H3/t13-/m1/s1. The summed E-state index contributed by atoms with van der Waals surface area (Å²) >= 11 is 0. The van der Waals surface area contributed by atoms with Crippen molar-refractivity contribution in [3.05, 3.63) is 53.6 Å². The molecule has 22 heavy (non-hydrogen) atoms. The molecule has 0 fully saturated rings. The second-order valence-electron chi connectivity index (χ2n) is 5.03. The SMILES string of the molecule is COc1cc(OC)c(OC)cc1CN[C@H](C)c1ccccc1. The molecule has 0 amide bonds. The molecule has 2 aromatic rings. The van der Waals surface area contributed by atoms with E-state index in [1.807, 2.05) is 30.3 Å². The smallest absolute Gasteiger partial charge is 0.164 e. The van der Waals surface area contributed by atoms with Crippen LogP contribution in [-0.4, -0.2) is 21.3 Å². The third kappa shape index (κ3) is 3.71. The lowest BCUT2D eigenvalue weighted by molar-refractivity contribution is 0.346. The quantitative estimate of drug-likeness (QED) is 0.849. The average Bonchev–Trinajstić information content (AvgIpc) is 2.59. The lowest BCUT2D eigenvalue weighted by Crippen LogP contribution is -2.18. The van der Waals surface area contributed by atoms with Crippen molar-refractivity contribution in [3.63, 3.8) is 0 Å². The predicted octanol–water partition coefficient (Wildman–Crippen LogP) is 3.56. The average molecular weight is 301 g/mol. The van der Waals surface area contributed by atoms with Crippen LogP contribution in [0.2, 0.25) is 0 Å². The van der Waals surface area contributed by atoms with Crippen LogP contribution in [0.15, 0.2) is 42.5 Å². The van der Waals surface area contributed by atoms with E-state index in [0.29, 0.717) is 18.0 Å². The zero-order valence-corrected chi connectivity index (χ0v) is 13.6. The summed E-state index contributed by atoms with van der Waals surface area (Å²) in [6.45, 7) is 2.82. The molecule has 0 aliphatic rings. The first-order valence-corrected chi connectivity index (χ1v) is 7.26. The van der Waals surface area contributed by atoms with Crippen molar-refractivity contribution in [3.8, 4) is 17.2 Å². The molecule has 0 saturated heterocycles. The van der Waals surface area contributed by atoms with E-state index in [2.05, 4.69) is 24.4 Å². The summed E-state index contributed by atoms with van der Waals surface area (Å²) in [5.41, 5.74) is 2.28. The molecule has 4 nitrogen and oxygen atoms in total. The van der Waals surface area contributed by atoms with Crippen molar-refractivity contribution < 1.29 is 14.2 Å². The minimum absolute atomic E-state index is 0.249. The predicted molar refractivity (Wildman–Crippen MR) is 87.8 cm³/mol. The molecule has 4 heteroatoms. The Morgan fingerprint density at radius 3 is 2.05 bits per heavy atom. The molecule has 1 N–H and O–H groups in total. The first-order valence-electron chi connectivity index (χ1n) is 7.26. The van der Waals surface area contributed by atoms with Gasteiger partial charge in [-0.3, -0.25) is 0 Å². The highest BCUT2D eigenvalue weighted by Crippen LogP contribution is 2.34. The number of hydrogen-bond donors (Lipinski definition) is 1. The van der Waals surface area contributed by atoms with Gasteiger partial charge in [-0.2, -0.15) is 0 Å². The molecule has 0 saturated carbocycles. The third-order valence-electron chi connectivity index (χ3n) is 3.68. The maximum atomic E-state index is 5.45. The lowest BCUT2D eigenvalue weighted by Gasteiger charge is -2.17. The molecular weight excluding hydrogens is 278 g/mol. The first-order chi connectivity index (χ1) is 10.7. The number of hydrogen-bond acceptors (Lipinski definition) is 4. The van der Waals surface area contributed by atoms with Crippen LogP contribution in [0.5, 0.6) is 17.2 Å². The number of rotatable bonds is 7. The van der Waals surface area contributed by atoms with E-state index in [9.17, 15) is 0 Å². The van der Waals surface area contributed by atoms with Crippen LogP contribution < -0.4 is 19.5 Å². The van der Waals surface area contributed by atoms with E-state index in [4.69, 9.17) is 14.2 Å². The topological polar surface area (TPSA) is 39.7 Å². The minimum Gasteiger partial charge on any atom is -0.496 e. The van der Waals surface area contributed by atoms with Crippen LogP contribution >= 0.6 is 0 Å². The Kier molecular flexibility index (Phi) is 5.67. The summed E-state index contributed by atoms with van der Waals surface area (Å²) in [7, 11) is 4.91. The molecule has 0 aliphatic heterocycles. The Hall–Kier alpha value is -2.20. The van der Waals surface area contributed by atoms with Gasteiger partial charge in [0.1, 0.15) is 5.75 Å². The molecule has 118 valence electrons. The zero-order chi connectivity index (χ0) is 15.9. The van der Waals surface area contributed by atoms with E-state index in [1.165, 1.54) is 5.56 Å². The van der Waals surface area contributed by atoms with E-state index in [-0.39, 0.29) is 6.04 Å². The summed E-state index contributed by atoms with van der Waals surface area (Å²) in [6, 6.07) is 14.4. The van der Waals surface area contributed by atoms with E-state index >= 15 is 0 Å². The Bertz CT molecular complexity index is 599. The van der Waals surface area contributed by atoms with Crippen molar-refractivity contribution in [2.75, 3.05) is 21.3 Å². The van der Waals surface area contributed by atoms with E-state index in [0.717, 1.165) is 11.3 Å². The maximum absolute atomic E-state index is 5.45. The van der Waals surface area contributed by atoms with Gasteiger partial charge in [-0.05, 0) is 18.6 Å². The molecule has 0 heterocycles.